The number of aromatic nitrogens is 1. The summed E-state index contributed by atoms with van der Waals surface area (Å²) in [7, 11) is 0. The molecule has 1 heterocycles. The van der Waals surface area contributed by atoms with Gasteiger partial charge in [-0.25, -0.2) is 4.98 Å². The summed E-state index contributed by atoms with van der Waals surface area (Å²) < 4.78 is 0. The van der Waals surface area contributed by atoms with Gasteiger partial charge in [-0.15, -0.1) is 11.3 Å². The number of thiazole rings is 1. The van der Waals surface area contributed by atoms with Crippen LogP contribution in [0.2, 0.25) is 0 Å². The standard InChI is InChI=1S/C13H16N4OS/c1-7(2)11-6-19-13(17-11)16-10-4-3-8(12(15)18)5-9(10)14/h3-7H,14H2,1-2H3,(H2,15,18)(H,16,17). The van der Waals surface area contributed by atoms with Gasteiger partial charge in [-0.3, -0.25) is 4.79 Å². The van der Waals surface area contributed by atoms with Crippen LogP contribution in [0.25, 0.3) is 0 Å². The topological polar surface area (TPSA) is 94.0 Å². The highest BCUT2D eigenvalue weighted by molar-refractivity contribution is 7.13. The van der Waals surface area contributed by atoms with Crippen LogP contribution in [-0.2, 0) is 0 Å². The van der Waals surface area contributed by atoms with Gasteiger partial charge in [-0.05, 0) is 24.1 Å². The molecule has 0 fully saturated rings. The number of amides is 1. The second kappa shape index (κ2) is 5.27. The van der Waals surface area contributed by atoms with Crippen LogP contribution in [0.1, 0.15) is 35.8 Å². The summed E-state index contributed by atoms with van der Waals surface area (Å²) in [6, 6.07) is 4.92. The first-order valence-corrected chi connectivity index (χ1v) is 6.77. The van der Waals surface area contributed by atoms with Crippen molar-refractivity contribution >= 4 is 33.8 Å². The van der Waals surface area contributed by atoms with Crippen molar-refractivity contribution in [2.75, 3.05) is 11.1 Å². The summed E-state index contributed by atoms with van der Waals surface area (Å²) in [5.41, 5.74) is 13.7. The predicted molar refractivity (Wildman–Crippen MR) is 78.9 cm³/mol. The minimum absolute atomic E-state index is 0.390. The van der Waals surface area contributed by atoms with Gasteiger partial charge in [0.25, 0.3) is 0 Å². The summed E-state index contributed by atoms with van der Waals surface area (Å²) >= 11 is 1.52. The first kappa shape index (κ1) is 13.4. The maximum Gasteiger partial charge on any atom is 0.248 e. The number of nitrogen functional groups attached to an aromatic ring is 1. The summed E-state index contributed by atoms with van der Waals surface area (Å²) in [6.45, 7) is 4.18. The van der Waals surface area contributed by atoms with Gasteiger partial charge in [0.1, 0.15) is 0 Å². The number of rotatable bonds is 4. The van der Waals surface area contributed by atoms with Crippen LogP contribution in [0, 0.1) is 0 Å². The molecule has 0 atom stereocenters. The lowest BCUT2D eigenvalue weighted by Gasteiger charge is -2.07. The van der Waals surface area contributed by atoms with E-state index >= 15 is 0 Å². The lowest BCUT2D eigenvalue weighted by atomic mass is 10.1. The normalized spacial score (nSPS) is 10.7. The van der Waals surface area contributed by atoms with Crippen molar-refractivity contribution in [3.05, 3.63) is 34.8 Å². The van der Waals surface area contributed by atoms with Crippen molar-refractivity contribution in [1.29, 1.82) is 0 Å². The average Bonchev–Trinajstić information content (AvgIpc) is 2.80. The summed E-state index contributed by atoms with van der Waals surface area (Å²) in [6.07, 6.45) is 0. The Labute approximate surface area is 115 Å². The number of primary amides is 1. The number of nitrogens with two attached hydrogens (primary N) is 2. The van der Waals surface area contributed by atoms with Gasteiger partial charge in [-0.1, -0.05) is 13.8 Å². The van der Waals surface area contributed by atoms with Gasteiger partial charge < -0.3 is 16.8 Å². The van der Waals surface area contributed by atoms with E-state index in [9.17, 15) is 4.79 Å². The molecule has 0 bridgehead atoms. The average molecular weight is 276 g/mol. The molecule has 5 N–H and O–H groups in total. The Morgan fingerprint density at radius 3 is 2.68 bits per heavy atom. The number of benzene rings is 1. The summed E-state index contributed by atoms with van der Waals surface area (Å²) in [5, 5.41) is 5.94. The van der Waals surface area contributed by atoms with E-state index in [1.165, 1.54) is 11.3 Å². The molecule has 19 heavy (non-hydrogen) atoms. The van der Waals surface area contributed by atoms with Crippen LogP contribution >= 0.6 is 11.3 Å². The van der Waals surface area contributed by atoms with E-state index in [1.54, 1.807) is 18.2 Å². The second-order valence-corrected chi connectivity index (χ2v) is 5.38. The number of anilines is 3. The Hall–Kier alpha value is -2.08. The van der Waals surface area contributed by atoms with E-state index in [2.05, 4.69) is 24.1 Å². The Bertz CT molecular complexity index is 606. The van der Waals surface area contributed by atoms with Gasteiger partial charge in [0.05, 0.1) is 17.1 Å². The van der Waals surface area contributed by atoms with Crippen LogP contribution in [-0.4, -0.2) is 10.9 Å². The van der Waals surface area contributed by atoms with Gasteiger partial charge in [0.15, 0.2) is 5.13 Å². The minimum Gasteiger partial charge on any atom is -0.397 e. The van der Waals surface area contributed by atoms with Crippen molar-refractivity contribution in [1.82, 2.24) is 4.98 Å². The van der Waals surface area contributed by atoms with Crippen LogP contribution < -0.4 is 16.8 Å². The third-order valence-corrected chi connectivity index (χ3v) is 3.47. The Balaban J connectivity index is 2.20. The molecular formula is C13H16N4OS. The smallest absolute Gasteiger partial charge is 0.248 e. The molecule has 6 heteroatoms. The maximum atomic E-state index is 11.0. The van der Waals surface area contributed by atoms with Crippen molar-refractivity contribution in [2.45, 2.75) is 19.8 Å². The second-order valence-electron chi connectivity index (χ2n) is 4.52. The molecule has 100 valence electrons. The SMILES string of the molecule is CC(C)c1csc(Nc2ccc(C(N)=O)cc2N)n1. The van der Waals surface area contributed by atoms with Crippen molar-refractivity contribution in [3.8, 4) is 0 Å². The first-order chi connectivity index (χ1) is 8.97. The fourth-order valence-electron chi connectivity index (χ4n) is 1.55. The zero-order valence-corrected chi connectivity index (χ0v) is 11.6. The third kappa shape index (κ3) is 3.03. The van der Waals surface area contributed by atoms with Crippen LogP contribution in [0.4, 0.5) is 16.5 Å². The van der Waals surface area contributed by atoms with E-state index in [-0.39, 0.29) is 0 Å². The highest BCUT2D eigenvalue weighted by atomic mass is 32.1. The van der Waals surface area contributed by atoms with Crippen LogP contribution in [0.15, 0.2) is 23.6 Å². The molecule has 0 aliphatic heterocycles. The lowest BCUT2D eigenvalue weighted by molar-refractivity contribution is 0.100. The zero-order chi connectivity index (χ0) is 14.0. The van der Waals surface area contributed by atoms with E-state index in [0.717, 1.165) is 16.5 Å². The molecule has 0 radical (unpaired) electrons. The molecule has 2 aromatic rings. The minimum atomic E-state index is -0.491. The van der Waals surface area contributed by atoms with Crippen molar-refractivity contribution < 1.29 is 4.79 Å². The first-order valence-electron chi connectivity index (χ1n) is 5.89. The van der Waals surface area contributed by atoms with Crippen molar-refractivity contribution in [3.63, 3.8) is 0 Å². The maximum absolute atomic E-state index is 11.0. The molecule has 1 amide bonds. The highest BCUT2D eigenvalue weighted by Crippen LogP contribution is 2.28. The molecule has 0 unspecified atom stereocenters. The fraction of sp³-hybridized carbons (Fsp3) is 0.231. The lowest BCUT2D eigenvalue weighted by Crippen LogP contribution is -2.11. The summed E-state index contributed by atoms with van der Waals surface area (Å²) in [4.78, 5) is 15.5. The largest absolute Gasteiger partial charge is 0.397 e. The van der Waals surface area contributed by atoms with E-state index in [0.29, 0.717) is 17.2 Å². The number of nitrogens with one attached hydrogen (secondary N) is 1. The molecule has 0 aliphatic carbocycles. The van der Waals surface area contributed by atoms with Crippen molar-refractivity contribution in [2.24, 2.45) is 5.73 Å². The van der Waals surface area contributed by atoms with Crippen LogP contribution in [0.5, 0.6) is 0 Å². The molecule has 1 aromatic heterocycles. The molecule has 0 spiro atoms. The number of carbonyl (C=O) groups is 1. The van der Waals surface area contributed by atoms with E-state index in [1.807, 2.05) is 5.38 Å². The molecular weight excluding hydrogens is 260 g/mol. The number of hydrogen-bond acceptors (Lipinski definition) is 5. The zero-order valence-electron chi connectivity index (χ0n) is 10.8. The van der Waals surface area contributed by atoms with Gasteiger partial charge in [0, 0.05) is 10.9 Å². The predicted octanol–water partition coefficient (Wildman–Crippen LogP) is 2.69. The number of hydrogen-bond donors (Lipinski definition) is 3. The quantitative estimate of drug-likeness (QED) is 0.748. The van der Waals surface area contributed by atoms with Gasteiger partial charge in [-0.2, -0.15) is 0 Å². The molecule has 2 rings (SSSR count). The summed E-state index contributed by atoms with van der Waals surface area (Å²) in [5.74, 6) is -0.101. The Morgan fingerprint density at radius 1 is 1.42 bits per heavy atom. The van der Waals surface area contributed by atoms with E-state index < -0.39 is 5.91 Å². The molecule has 0 saturated carbocycles. The highest BCUT2D eigenvalue weighted by Gasteiger charge is 2.08. The van der Waals surface area contributed by atoms with Crippen LogP contribution in [0.3, 0.4) is 0 Å². The Kier molecular flexibility index (Phi) is 3.71. The van der Waals surface area contributed by atoms with Gasteiger partial charge in [0.2, 0.25) is 5.91 Å². The monoisotopic (exact) mass is 276 g/mol. The molecule has 1 aromatic carbocycles. The number of nitrogens with zero attached hydrogens (tertiary/aromatic N) is 1. The Morgan fingerprint density at radius 2 is 2.16 bits per heavy atom. The molecule has 0 aliphatic rings. The molecule has 0 saturated heterocycles. The number of carbonyl (C=O) groups excluding carboxylic acids is 1. The molecule has 5 nitrogen and oxygen atoms in total. The fourth-order valence-corrected chi connectivity index (χ4v) is 2.44. The third-order valence-electron chi connectivity index (χ3n) is 2.69. The van der Waals surface area contributed by atoms with Gasteiger partial charge >= 0.3 is 0 Å². The van der Waals surface area contributed by atoms with E-state index in [4.69, 9.17) is 11.5 Å².